The third kappa shape index (κ3) is 1.18. The van der Waals surface area contributed by atoms with Gasteiger partial charge in [-0.2, -0.15) is 0 Å². The van der Waals surface area contributed by atoms with Crippen molar-refractivity contribution in [2.75, 3.05) is 5.73 Å². The summed E-state index contributed by atoms with van der Waals surface area (Å²) in [6.45, 7) is 0. The molecule has 3 rings (SSSR count). The van der Waals surface area contributed by atoms with Crippen LogP contribution in [0.25, 0.3) is 22.1 Å². The van der Waals surface area contributed by atoms with Crippen LogP contribution in [0.5, 0.6) is 0 Å². The van der Waals surface area contributed by atoms with Gasteiger partial charge in [0.25, 0.3) is 0 Å². The van der Waals surface area contributed by atoms with Gasteiger partial charge in [0.15, 0.2) is 0 Å². The summed E-state index contributed by atoms with van der Waals surface area (Å²) in [5.74, 6) is 0.442. The number of nitrogens with zero attached hydrogens (tertiary/aromatic N) is 3. The quantitative estimate of drug-likeness (QED) is 0.607. The Bertz CT molecular complexity index is 660. The zero-order valence-electron chi connectivity index (χ0n) is 7.53. The molecule has 0 aliphatic heterocycles. The van der Waals surface area contributed by atoms with Gasteiger partial charge in [-0.3, -0.25) is 0 Å². The van der Waals surface area contributed by atoms with Gasteiger partial charge in [-0.1, -0.05) is 0 Å². The molecular weight excluding hydrogens is 258 g/mol. The second-order valence-electron chi connectivity index (χ2n) is 3.14. The van der Waals surface area contributed by atoms with Gasteiger partial charge >= 0.3 is 0 Å². The summed E-state index contributed by atoms with van der Waals surface area (Å²) >= 11 is 3.32. The van der Waals surface area contributed by atoms with E-state index in [1.807, 2.05) is 12.1 Å². The summed E-state index contributed by atoms with van der Waals surface area (Å²) in [6, 6.07) is 3.79. The first-order valence-corrected chi connectivity index (χ1v) is 5.09. The van der Waals surface area contributed by atoms with Crippen molar-refractivity contribution in [3.63, 3.8) is 0 Å². The highest BCUT2D eigenvalue weighted by Gasteiger charge is 2.10. The number of nitrogens with two attached hydrogens (primary N) is 1. The molecule has 6 heteroatoms. The first kappa shape index (κ1) is 8.60. The van der Waals surface area contributed by atoms with Crippen molar-refractivity contribution >= 4 is 43.8 Å². The molecule has 0 saturated carbocycles. The Kier molecular flexibility index (Phi) is 1.66. The lowest BCUT2D eigenvalue weighted by Crippen LogP contribution is -1.91. The number of H-pyrrole nitrogens is 1. The molecule has 0 radical (unpaired) electrons. The van der Waals surface area contributed by atoms with Gasteiger partial charge in [-0.25, -0.2) is 15.0 Å². The summed E-state index contributed by atoms with van der Waals surface area (Å²) < 4.78 is 0.763. The fraction of sp³-hybridized carbons (Fsp3) is 0. The lowest BCUT2D eigenvalue weighted by atomic mass is 10.3. The lowest BCUT2D eigenvalue weighted by molar-refractivity contribution is 1.21. The van der Waals surface area contributed by atoms with Crippen LogP contribution in [0.1, 0.15) is 0 Å². The lowest BCUT2D eigenvalue weighted by Gasteiger charge is -1.94. The van der Waals surface area contributed by atoms with Crippen LogP contribution in [0, 0.1) is 0 Å². The van der Waals surface area contributed by atoms with Crippen LogP contribution in [0.15, 0.2) is 23.1 Å². The maximum atomic E-state index is 5.79. The maximum Gasteiger partial charge on any atom is 0.145 e. The van der Waals surface area contributed by atoms with E-state index < -0.39 is 0 Å². The Morgan fingerprint density at radius 3 is 3.00 bits per heavy atom. The van der Waals surface area contributed by atoms with E-state index in [0.29, 0.717) is 11.5 Å². The Morgan fingerprint density at radius 1 is 1.27 bits per heavy atom. The zero-order chi connectivity index (χ0) is 10.4. The normalized spacial score (nSPS) is 11.3. The minimum absolute atomic E-state index is 0.442. The first-order valence-electron chi connectivity index (χ1n) is 4.30. The van der Waals surface area contributed by atoms with Crippen molar-refractivity contribution in [1.29, 1.82) is 0 Å². The number of fused-ring (bicyclic) bond motifs is 3. The Labute approximate surface area is 92.9 Å². The number of rotatable bonds is 0. The molecule has 0 spiro atoms. The molecule has 0 aliphatic rings. The van der Waals surface area contributed by atoms with E-state index in [1.165, 1.54) is 6.33 Å². The molecule has 0 saturated heterocycles. The number of hydrogen-bond donors (Lipinski definition) is 2. The number of anilines is 1. The molecule has 0 bridgehead atoms. The molecule has 3 aromatic rings. The molecule has 0 amide bonds. The minimum atomic E-state index is 0.442. The van der Waals surface area contributed by atoms with Crippen molar-refractivity contribution in [1.82, 2.24) is 19.9 Å². The third-order valence-electron chi connectivity index (χ3n) is 2.23. The number of halogens is 1. The van der Waals surface area contributed by atoms with Crippen molar-refractivity contribution in [3.8, 4) is 0 Å². The molecular formula is C9H6BrN5. The Morgan fingerprint density at radius 2 is 2.13 bits per heavy atom. The number of nitrogen functional groups attached to an aromatic ring is 1. The van der Waals surface area contributed by atoms with Crippen LogP contribution in [-0.4, -0.2) is 19.9 Å². The van der Waals surface area contributed by atoms with Crippen LogP contribution in [0.3, 0.4) is 0 Å². The standard InChI is InChI=1S/C9H6BrN5/c10-5-2-1-4-7(15-5)6-8(11)12-3-13-9(6)14-4/h1-3H,(H3,11,12,13,14). The molecule has 0 atom stereocenters. The average Bonchev–Trinajstić information content (AvgIpc) is 2.57. The molecule has 0 aliphatic carbocycles. The topological polar surface area (TPSA) is 80.5 Å². The van der Waals surface area contributed by atoms with E-state index in [0.717, 1.165) is 21.0 Å². The number of hydrogen-bond acceptors (Lipinski definition) is 4. The van der Waals surface area contributed by atoms with Gasteiger partial charge in [0.2, 0.25) is 0 Å². The summed E-state index contributed by atoms with van der Waals surface area (Å²) in [6.07, 6.45) is 1.43. The van der Waals surface area contributed by atoms with E-state index >= 15 is 0 Å². The summed E-state index contributed by atoms with van der Waals surface area (Å²) in [5.41, 5.74) is 8.19. The summed E-state index contributed by atoms with van der Waals surface area (Å²) in [5, 5.41) is 0.772. The predicted octanol–water partition coefficient (Wildman–Crippen LogP) is 1.85. The van der Waals surface area contributed by atoms with Crippen LogP contribution < -0.4 is 5.73 Å². The molecule has 3 N–H and O–H groups in total. The number of pyridine rings is 1. The molecule has 0 fully saturated rings. The predicted molar refractivity (Wildman–Crippen MR) is 61.3 cm³/mol. The van der Waals surface area contributed by atoms with E-state index in [-0.39, 0.29) is 0 Å². The van der Waals surface area contributed by atoms with Gasteiger partial charge in [0.1, 0.15) is 27.9 Å². The SMILES string of the molecule is Nc1ncnc2[nH]c3ccc(Br)nc3c12. The van der Waals surface area contributed by atoms with Gasteiger partial charge < -0.3 is 10.7 Å². The largest absolute Gasteiger partial charge is 0.383 e. The highest BCUT2D eigenvalue weighted by molar-refractivity contribution is 9.10. The van der Waals surface area contributed by atoms with Crippen LogP contribution in [-0.2, 0) is 0 Å². The maximum absolute atomic E-state index is 5.79. The minimum Gasteiger partial charge on any atom is -0.383 e. The van der Waals surface area contributed by atoms with E-state index in [1.54, 1.807) is 0 Å². The number of aromatic nitrogens is 4. The van der Waals surface area contributed by atoms with Crippen LogP contribution in [0.4, 0.5) is 5.82 Å². The smallest absolute Gasteiger partial charge is 0.145 e. The van der Waals surface area contributed by atoms with Crippen LogP contribution >= 0.6 is 15.9 Å². The second-order valence-corrected chi connectivity index (χ2v) is 3.95. The number of nitrogens with one attached hydrogen (secondary N) is 1. The van der Waals surface area contributed by atoms with Crippen molar-refractivity contribution in [2.24, 2.45) is 0 Å². The van der Waals surface area contributed by atoms with Gasteiger partial charge in [0, 0.05) is 0 Å². The molecule has 3 aromatic heterocycles. The second kappa shape index (κ2) is 2.90. The van der Waals surface area contributed by atoms with Crippen molar-refractivity contribution in [3.05, 3.63) is 23.1 Å². The van der Waals surface area contributed by atoms with Crippen molar-refractivity contribution in [2.45, 2.75) is 0 Å². The first-order chi connectivity index (χ1) is 7.25. The van der Waals surface area contributed by atoms with Crippen LogP contribution in [0.2, 0.25) is 0 Å². The van der Waals surface area contributed by atoms with E-state index in [2.05, 4.69) is 35.9 Å². The van der Waals surface area contributed by atoms with E-state index in [9.17, 15) is 0 Å². The summed E-state index contributed by atoms with van der Waals surface area (Å²) in [7, 11) is 0. The fourth-order valence-corrected chi connectivity index (χ4v) is 1.89. The third-order valence-corrected chi connectivity index (χ3v) is 2.67. The van der Waals surface area contributed by atoms with Gasteiger partial charge in [-0.05, 0) is 28.1 Å². The molecule has 74 valence electrons. The molecule has 15 heavy (non-hydrogen) atoms. The number of aromatic amines is 1. The molecule has 5 nitrogen and oxygen atoms in total. The monoisotopic (exact) mass is 263 g/mol. The average molecular weight is 264 g/mol. The molecule has 3 heterocycles. The Balaban J connectivity index is 2.61. The Hall–Kier alpha value is -1.69. The summed E-state index contributed by atoms with van der Waals surface area (Å²) in [4.78, 5) is 15.5. The molecule has 0 aromatic carbocycles. The fourth-order valence-electron chi connectivity index (χ4n) is 1.58. The highest BCUT2D eigenvalue weighted by atomic mass is 79.9. The van der Waals surface area contributed by atoms with Gasteiger partial charge in [-0.15, -0.1) is 0 Å². The van der Waals surface area contributed by atoms with Crippen molar-refractivity contribution < 1.29 is 0 Å². The molecule has 0 unspecified atom stereocenters. The van der Waals surface area contributed by atoms with E-state index in [4.69, 9.17) is 5.73 Å². The zero-order valence-corrected chi connectivity index (χ0v) is 9.12. The van der Waals surface area contributed by atoms with Gasteiger partial charge in [0.05, 0.1) is 10.9 Å². The highest BCUT2D eigenvalue weighted by Crippen LogP contribution is 2.26.